The van der Waals surface area contributed by atoms with Gasteiger partial charge in [0.25, 0.3) is 0 Å². The monoisotopic (exact) mass is 638 g/mol. The van der Waals surface area contributed by atoms with Crippen LogP contribution in [-0.2, 0) is 0 Å². The number of hydrogen-bond donors (Lipinski definition) is 0. The van der Waals surface area contributed by atoms with Gasteiger partial charge < -0.3 is 9.13 Å². The fourth-order valence-electron chi connectivity index (χ4n) is 8.17. The fourth-order valence-corrected chi connectivity index (χ4v) is 8.17. The molecule has 1 atom stereocenters. The third-order valence-electron chi connectivity index (χ3n) is 10.5. The summed E-state index contributed by atoms with van der Waals surface area (Å²) in [4.78, 5) is 0. The lowest BCUT2D eigenvalue weighted by molar-refractivity contribution is 0.850. The predicted octanol–water partition coefficient (Wildman–Crippen LogP) is 12.8. The van der Waals surface area contributed by atoms with Gasteiger partial charge in [-0.2, -0.15) is 0 Å². The Balaban J connectivity index is 1.16. The van der Waals surface area contributed by atoms with Gasteiger partial charge in [-0.15, -0.1) is 0 Å². The second-order valence-electron chi connectivity index (χ2n) is 13.3. The number of hydrogen-bond acceptors (Lipinski definition) is 0. The zero-order valence-electron chi connectivity index (χ0n) is 27.6. The van der Waals surface area contributed by atoms with Crippen molar-refractivity contribution in [1.82, 2.24) is 9.13 Å². The number of aromatic nitrogens is 2. The zero-order valence-corrected chi connectivity index (χ0v) is 27.6. The van der Waals surface area contributed by atoms with E-state index in [0.29, 0.717) is 5.92 Å². The van der Waals surface area contributed by atoms with E-state index in [4.69, 9.17) is 0 Å². The van der Waals surface area contributed by atoms with Crippen molar-refractivity contribution in [2.75, 3.05) is 0 Å². The van der Waals surface area contributed by atoms with Crippen molar-refractivity contribution >= 4 is 49.3 Å². The highest BCUT2D eigenvalue weighted by Crippen LogP contribution is 2.43. The van der Waals surface area contributed by atoms with E-state index in [1.807, 2.05) is 0 Å². The summed E-state index contributed by atoms with van der Waals surface area (Å²) in [5.74, 6) is 0.387. The first kappa shape index (κ1) is 28.6. The second kappa shape index (κ2) is 11.6. The fraction of sp³-hybridized carbons (Fsp3) is 0.0417. The molecule has 2 nitrogen and oxygen atoms in total. The Bertz CT molecular complexity index is 2760. The summed E-state index contributed by atoms with van der Waals surface area (Å²) < 4.78 is 4.95. The Morgan fingerprint density at radius 1 is 0.440 bits per heavy atom. The van der Waals surface area contributed by atoms with Crippen molar-refractivity contribution in [1.29, 1.82) is 0 Å². The molecule has 0 saturated carbocycles. The maximum absolute atomic E-state index is 2.51. The minimum Gasteiger partial charge on any atom is -0.309 e. The molecule has 0 amide bonds. The first-order valence-electron chi connectivity index (χ1n) is 17.5. The van der Waals surface area contributed by atoms with Gasteiger partial charge >= 0.3 is 0 Å². The summed E-state index contributed by atoms with van der Waals surface area (Å²) in [6, 6.07) is 61.7. The summed E-state index contributed by atoms with van der Waals surface area (Å²) in [5, 5.41) is 5.11. The maximum Gasteiger partial charge on any atom is 0.0641 e. The number of fused-ring (bicyclic) bond motifs is 7. The molecule has 0 spiro atoms. The van der Waals surface area contributed by atoms with Gasteiger partial charge in [0.2, 0.25) is 0 Å². The van der Waals surface area contributed by atoms with Crippen LogP contribution in [0.2, 0.25) is 0 Å². The lowest BCUT2D eigenvalue weighted by atomic mass is 9.92. The summed E-state index contributed by atoms with van der Waals surface area (Å²) in [6.07, 6.45) is 8.11. The van der Waals surface area contributed by atoms with Gasteiger partial charge in [0.05, 0.1) is 22.1 Å². The molecule has 0 fully saturated rings. The summed E-state index contributed by atoms with van der Waals surface area (Å²) in [6.45, 7) is 0. The van der Waals surface area contributed by atoms with Crippen LogP contribution in [-0.4, -0.2) is 9.13 Å². The van der Waals surface area contributed by atoms with Crippen LogP contribution in [0.25, 0.3) is 77.2 Å². The zero-order chi connectivity index (χ0) is 33.0. The molecule has 0 saturated heterocycles. The Morgan fingerprint density at radius 3 is 1.74 bits per heavy atom. The lowest BCUT2D eigenvalue weighted by Gasteiger charge is -2.19. The standard InChI is InChI=1S/C48H34N2/c1-3-13-33(14-4-1)34-23-27-38(28-24-34)50-44-21-11-9-19-41(44)42-31-32-46-47(48(42)50)43-20-10-12-22-45(43)49(46)37-29-25-36(26-30-37)40-18-8-7-17-39(40)35-15-5-2-6-16-35/h1-23,25-32,34H,24H2. The van der Waals surface area contributed by atoms with Crippen molar-refractivity contribution in [3.8, 4) is 27.9 Å². The van der Waals surface area contributed by atoms with Gasteiger partial charge in [0, 0.05) is 38.8 Å². The molecule has 1 unspecified atom stereocenters. The van der Waals surface area contributed by atoms with Crippen molar-refractivity contribution in [3.63, 3.8) is 0 Å². The van der Waals surface area contributed by atoms with E-state index in [1.54, 1.807) is 0 Å². The van der Waals surface area contributed by atoms with Crippen LogP contribution >= 0.6 is 0 Å². The average Bonchev–Trinajstić information content (AvgIpc) is 3.72. The first-order chi connectivity index (χ1) is 24.8. The molecule has 50 heavy (non-hydrogen) atoms. The van der Waals surface area contributed by atoms with E-state index in [9.17, 15) is 0 Å². The highest BCUT2D eigenvalue weighted by Gasteiger charge is 2.22. The van der Waals surface area contributed by atoms with Crippen LogP contribution in [0, 0.1) is 0 Å². The van der Waals surface area contributed by atoms with E-state index >= 15 is 0 Å². The molecule has 9 aromatic rings. The van der Waals surface area contributed by atoms with E-state index in [-0.39, 0.29) is 0 Å². The second-order valence-corrected chi connectivity index (χ2v) is 13.3. The average molecular weight is 639 g/mol. The summed E-state index contributed by atoms with van der Waals surface area (Å²) in [5.41, 5.74) is 13.6. The number of para-hydroxylation sites is 2. The van der Waals surface area contributed by atoms with Crippen LogP contribution in [0.15, 0.2) is 188 Å². The Labute approximate surface area is 291 Å². The minimum atomic E-state index is 0.387. The maximum atomic E-state index is 2.51. The molecule has 0 N–H and O–H groups in total. The van der Waals surface area contributed by atoms with Crippen LogP contribution in [0.1, 0.15) is 17.9 Å². The molecule has 0 aliphatic heterocycles. The van der Waals surface area contributed by atoms with Crippen molar-refractivity contribution in [2.45, 2.75) is 12.3 Å². The van der Waals surface area contributed by atoms with Crippen molar-refractivity contribution in [3.05, 3.63) is 194 Å². The topological polar surface area (TPSA) is 9.86 Å². The molecule has 2 heteroatoms. The van der Waals surface area contributed by atoms with Crippen molar-refractivity contribution in [2.24, 2.45) is 0 Å². The van der Waals surface area contributed by atoms with Crippen LogP contribution < -0.4 is 0 Å². The molecule has 7 aromatic carbocycles. The lowest BCUT2D eigenvalue weighted by Crippen LogP contribution is -2.03. The number of rotatable bonds is 5. The molecule has 0 radical (unpaired) electrons. The number of nitrogens with zero attached hydrogens (tertiary/aromatic N) is 2. The van der Waals surface area contributed by atoms with Gasteiger partial charge in [-0.3, -0.25) is 0 Å². The molecule has 1 aliphatic carbocycles. The largest absolute Gasteiger partial charge is 0.309 e. The van der Waals surface area contributed by atoms with Gasteiger partial charge in [-0.25, -0.2) is 0 Å². The van der Waals surface area contributed by atoms with Crippen LogP contribution in [0.4, 0.5) is 0 Å². The molecule has 10 rings (SSSR count). The Morgan fingerprint density at radius 2 is 1.04 bits per heavy atom. The normalized spacial score (nSPS) is 14.6. The molecule has 2 heterocycles. The smallest absolute Gasteiger partial charge is 0.0641 e. The Hall–Kier alpha value is -6.38. The molecular weight excluding hydrogens is 605 g/mol. The van der Waals surface area contributed by atoms with E-state index in [0.717, 1.165) is 12.1 Å². The number of benzene rings is 7. The van der Waals surface area contributed by atoms with Crippen molar-refractivity contribution < 1.29 is 0 Å². The first-order valence-corrected chi connectivity index (χ1v) is 17.5. The quantitative estimate of drug-likeness (QED) is 0.178. The molecule has 236 valence electrons. The predicted molar refractivity (Wildman–Crippen MR) is 212 cm³/mol. The van der Waals surface area contributed by atoms with E-state index in [2.05, 4.69) is 197 Å². The molecular formula is C48H34N2. The molecule has 1 aliphatic rings. The van der Waals surface area contributed by atoms with Gasteiger partial charge in [-0.05, 0) is 70.6 Å². The third-order valence-corrected chi connectivity index (χ3v) is 10.5. The highest BCUT2D eigenvalue weighted by atomic mass is 15.0. The van der Waals surface area contributed by atoms with Crippen LogP contribution in [0.3, 0.4) is 0 Å². The van der Waals surface area contributed by atoms with Gasteiger partial charge in [-0.1, -0.05) is 152 Å². The Kier molecular flexibility index (Phi) is 6.67. The summed E-state index contributed by atoms with van der Waals surface area (Å²) in [7, 11) is 0. The molecule has 2 aromatic heterocycles. The summed E-state index contributed by atoms with van der Waals surface area (Å²) >= 11 is 0. The number of allylic oxidation sites excluding steroid dienone is 4. The van der Waals surface area contributed by atoms with E-state index in [1.165, 1.54) is 77.1 Å². The van der Waals surface area contributed by atoms with E-state index < -0.39 is 0 Å². The minimum absolute atomic E-state index is 0.387. The SMILES string of the molecule is C1=CC(c2ccccc2)CC=C1n1c2ccccc2c2ccc3c(c4ccccc4n3-c3ccc(-c4ccccc4-c4ccccc4)cc3)c21. The molecule has 0 bridgehead atoms. The highest BCUT2D eigenvalue weighted by molar-refractivity contribution is 6.26. The third kappa shape index (κ3) is 4.49. The van der Waals surface area contributed by atoms with Crippen LogP contribution in [0.5, 0.6) is 0 Å². The van der Waals surface area contributed by atoms with Gasteiger partial charge in [0.15, 0.2) is 0 Å². The van der Waals surface area contributed by atoms with Gasteiger partial charge in [0.1, 0.15) is 0 Å².